The van der Waals surface area contributed by atoms with Gasteiger partial charge in [-0.1, -0.05) is 107 Å². The number of carbonyl (C=O) groups excluding carboxylic acids is 4. The van der Waals surface area contributed by atoms with Gasteiger partial charge in [-0.3, -0.25) is 20.2 Å². The maximum absolute atomic E-state index is 13.4. The molecule has 0 saturated heterocycles. The smallest absolute Gasteiger partial charge is 0.413 e. The second-order valence-electron chi connectivity index (χ2n) is 16.3. The van der Waals surface area contributed by atoms with Crippen LogP contribution in [0.4, 0.5) is 21.2 Å². The number of benzene rings is 3. The van der Waals surface area contributed by atoms with Crippen LogP contribution < -0.4 is 10.6 Å². The topological polar surface area (TPSA) is 173 Å². The summed E-state index contributed by atoms with van der Waals surface area (Å²) in [5, 5.41) is 6.91. The number of hydrogen-bond acceptors (Lipinski definition) is 11. The maximum atomic E-state index is 13.4. The lowest BCUT2D eigenvalue weighted by molar-refractivity contribution is -0.177. The molecular weight excluding hydrogens is 777 g/mol. The number of rotatable bonds is 14. The first-order valence-electron chi connectivity index (χ1n) is 20.4. The molecule has 61 heavy (non-hydrogen) atoms. The summed E-state index contributed by atoms with van der Waals surface area (Å²) in [6.45, 7) is 9.33. The standard InChI is InChI=1S/C47H50N6O8/c1-29(2)43(54)60-39-37(53-23-21-35-41(48-28-49-42(35)53)52-46(57)59-27-33-14-10-7-11-15-33)25-47(5,40(39)61-44(55)30(3)4)22-20-31-16-17-34-18-19-38(50-36(34)24-31)51-45(56)58-26-32-12-8-6-9-13-32/h6-19,21,23-24,28-30,37,39-40H,20,22,25-27H2,1-5H3,(H,50,51,56)(H,48,49,52,57)/t37-,39+,40+,47+/m1/s1. The van der Waals surface area contributed by atoms with Crippen LogP contribution in [-0.4, -0.2) is 55.9 Å². The van der Waals surface area contributed by atoms with Crippen LogP contribution in [0.2, 0.25) is 0 Å². The molecule has 3 aromatic heterocycles. The minimum atomic E-state index is -0.867. The van der Waals surface area contributed by atoms with Gasteiger partial charge in [0.2, 0.25) is 0 Å². The van der Waals surface area contributed by atoms with Gasteiger partial charge >= 0.3 is 24.1 Å². The van der Waals surface area contributed by atoms with Crippen molar-refractivity contribution >= 4 is 57.7 Å². The Balaban J connectivity index is 1.13. The van der Waals surface area contributed by atoms with E-state index in [1.54, 1.807) is 39.8 Å². The van der Waals surface area contributed by atoms with Gasteiger partial charge in [0.15, 0.2) is 6.10 Å². The van der Waals surface area contributed by atoms with E-state index in [1.165, 1.54) is 6.33 Å². The number of nitrogens with zero attached hydrogens (tertiary/aromatic N) is 4. The van der Waals surface area contributed by atoms with Crippen LogP contribution in [-0.2, 0) is 48.2 Å². The molecule has 0 radical (unpaired) electrons. The molecule has 0 spiro atoms. The number of ether oxygens (including phenoxy) is 4. The number of pyridine rings is 1. The van der Waals surface area contributed by atoms with Crippen molar-refractivity contribution in [1.82, 2.24) is 19.5 Å². The van der Waals surface area contributed by atoms with Gasteiger partial charge in [-0.25, -0.2) is 24.5 Å². The largest absolute Gasteiger partial charge is 0.458 e. The van der Waals surface area contributed by atoms with E-state index in [9.17, 15) is 19.2 Å². The number of esters is 2. The number of anilines is 2. The van der Waals surface area contributed by atoms with Gasteiger partial charge in [0.1, 0.15) is 42.9 Å². The van der Waals surface area contributed by atoms with E-state index in [-0.39, 0.29) is 19.0 Å². The first-order valence-corrected chi connectivity index (χ1v) is 20.4. The van der Waals surface area contributed by atoms with Crippen LogP contribution in [0.3, 0.4) is 0 Å². The zero-order chi connectivity index (χ0) is 43.1. The highest BCUT2D eigenvalue weighted by atomic mass is 16.6. The van der Waals surface area contributed by atoms with Crippen molar-refractivity contribution in [3.05, 3.63) is 126 Å². The summed E-state index contributed by atoms with van der Waals surface area (Å²) >= 11 is 0. The van der Waals surface area contributed by atoms with Crippen molar-refractivity contribution in [2.75, 3.05) is 10.6 Å². The summed E-state index contributed by atoms with van der Waals surface area (Å²) in [5.41, 5.74) is 3.19. The number of amides is 2. The molecule has 1 saturated carbocycles. The van der Waals surface area contributed by atoms with Crippen LogP contribution in [0.25, 0.3) is 21.9 Å². The van der Waals surface area contributed by atoms with Gasteiger partial charge < -0.3 is 23.5 Å². The fourth-order valence-electron chi connectivity index (χ4n) is 7.57. The van der Waals surface area contributed by atoms with Crippen molar-refractivity contribution in [2.24, 2.45) is 17.3 Å². The molecule has 14 heteroatoms. The van der Waals surface area contributed by atoms with E-state index in [4.69, 9.17) is 23.9 Å². The summed E-state index contributed by atoms with van der Waals surface area (Å²) in [6.07, 6.45) is 1.81. The third kappa shape index (κ3) is 10.1. The zero-order valence-corrected chi connectivity index (χ0v) is 34.9. The van der Waals surface area contributed by atoms with E-state index < -0.39 is 59.6 Å². The number of carbonyl (C=O) groups is 4. The summed E-state index contributed by atoms with van der Waals surface area (Å²) < 4.78 is 25.4. The minimum absolute atomic E-state index is 0.0852. The van der Waals surface area contributed by atoms with E-state index in [1.807, 2.05) is 95.7 Å². The first kappa shape index (κ1) is 42.3. The monoisotopic (exact) mass is 826 g/mol. The highest BCUT2D eigenvalue weighted by Gasteiger charge is 2.56. The highest BCUT2D eigenvalue weighted by molar-refractivity contribution is 5.96. The Morgan fingerprint density at radius 1 is 0.754 bits per heavy atom. The average Bonchev–Trinajstić information content (AvgIpc) is 3.80. The Bertz CT molecular complexity index is 2510. The highest BCUT2D eigenvalue weighted by Crippen LogP contribution is 2.51. The quantitative estimate of drug-likeness (QED) is 0.0792. The third-order valence-electron chi connectivity index (χ3n) is 11.0. The Morgan fingerprint density at radius 3 is 2.03 bits per heavy atom. The normalized spacial score (nSPS) is 18.6. The lowest BCUT2D eigenvalue weighted by atomic mass is 9.80. The Hall–Kier alpha value is -6.83. The molecule has 0 unspecified atom stereocenters. The number of aromatic nitrogens is 4. The summed E-state index contributed by atoms with van der Waals surface area (Å²) in [5.74, 6) is -1.08. The van der Waals surface area contributed by atoms with Gasteiger partial charge in [-0.2, -0.15) is 0 Å². The number of fused-ring (bicyclic) bond motifs is 2. The molecule has 2 N–H and O–H groups in total. The molecule has 3 aromatic carbocycles. The summed E-state index contributed by atoms with van der Waals surface area (Å²) in [4.78, 5) is 65.9. The first-order chi connectivity index (χ1) is 29.4. The van der Waals surface area contributed by atoms with Crippen molar-refractivity contribution in [3.63, 3.8) is 0 Å². The van der Waals surface area contributed by atoms with Gasteiger partial charge in [0.25, 0.3) is 0 Å². The molecule has 7 rings (SSSR count). The average molecular weight is 827 g/mol. The number of hydrogen-bond donors (Lipinski definition) is 2. The predicted octanol–water partition coefficient (Wildman–Crippen LogP) is 9.20. The fourth-order valence-corrected chi connectivity index (χ4v) is 7.57. The molecule has 3 heterocycles. The second-order valence-corrected chi connectivity index (χ2v) is 16.3. The van der Waals surface area contributed by atoms with Crippen molar-refractivity contribution in [2.45, 2.75) is 85.3 Å². The number of aryl methyl sites for hydroxylation is 1. The molecular formula is C47H50N6O8. The van der Waals surface area contributed by atoms with Crippen LogP contribution in [0.5, 0.6) is 0 Å². The van der Waals surface area contributed by atoms with Gasteiger partial charge in [-0.15, -0.1) is 0 Å². The van der Waals surface area contributed by atoms with E-state index in [2.05, 4.69) is 27.5 Å². The van der Waals surface area contributed by atoms with Crippen molar-refractivity contribution in [1.29, 1.82) is 0 Å². The minimum Gasteiger partial charge on any atom is -0.458 e. The maximum Gasteiger partial charge on any atom is 0.413 e. The van der Waals surface area contributed by atoms with Gasteiger partial charge in [0, 0.05) is 17.0 Å². The van der Waals surface area contributed by atoms with E-state index >= 15 is 0 Å². The SMILES string of the molecule is CC(C)C(=O)O[C@H]1[C@H](n2ccc3c(NC(=O)OCc4ccccc4)ncnc32)C[C@](C)(CCc2ccc3ccc(NC(=O)OCc4ccccc4)nc3c2)[C@H]1OC(=O)C(C)C. The van der Waals surface area contributed by atoms with Crippen LogP contribution in [0.15, 0.2) is 110 Å². The second kappa shape index (κ2) is 18.6. The summed E-state index contributed by atoms with van der Waals surface area (Å²) in [6, 6.07) is 29.7. The lowest BCUT2D eigenvalue weighted by Gasteiger charge is -2.34. The molecule has 1 aliphatic carbocycles. The van der Waals surface area contributed by atoms with Crippen LogP contribution >= 0.6 is 0 Å². The van der Waals surface area contributed by atoms with Crippen LogP contribution in [0, 0.1) is 17.3 Å². The van der Waals surface area contributed by atoms with Gasteiger partial charge in [-0.05, 0) is 60.2 Å². The molecule has 4 atom stereocenters. The molecule has 1 fully saturated rings. The molecule has 2 amide bonds. The van der Waals surface area contributed by atoms with E-state index in [0.717, 1.165) is 22.1 Å². The Morgan fingerprint density at radius 2 is 1.38 bits per heavy atom. The number of nitrogens with one attached hydrogen (secondary N) is 2. The molecule has 0 bridgehead atoms. The lowest BCUT2D eigenvalue weighted by Crippen LogP contribution is -2.43. The zero-order valence-electron chi connectivity index (χ0n) is 34.9. The van der Waals surface area contributed by atoms with Crippen molar-refractivity contribution < 1.29 is 38.1 Å². The Kier molecular flexibility index (Phi) is 12.9. The molecule has 14 nitrogen and oxygen atoms in total. The molecule has 0 aliphatic heterocycles. The third-order valence-corrected chi connectivity index (χ3v) is 11.0. The predicted molar refractivity (Wildman–Crippen MR) is 229 cm³/mol. The molecule has 1 aliphatic rings. The van der Waals surface area contributed by atoms with E-state index in [0.29, 0.717) is 41.6 Å². The summed E-state index contributed by atoms with van der Waals surface area (Å²) in [7, 11) is 0. The molecule has 316 valence electrons. The molecule has 6 aromatic rings. The van der Waals surface area contributed by atoms with Crippen molar-refractivity contribution in [3.8, 4) is 0 Å². The Labute approximate surface area is 354 Å². The van der Waals surface area contributed by atoms with Gasteiger partial charge in [0.05, 0.1) is 28.8 Å². The van der Waals surface area contributed by atoms with Crippen LogP contribution in [0.1, 0.15) is 70.2 Å². The fraction of sp³-hybridized carbons (Fsp3) is 0.340.